The summed E-state index contributed by atoms with van der Waals surface area (Å²) in [5.74, 6) is -1.00. The van der Waals surface area contributed by atoms with Crippen molar-refractivity contribution in [1.82, 2.24) is 0 Å². The molecule has 1 fully saturated rings. The molecule has 0 saturated carbocycles. The van der Waals surface area contributed by atoms with E-state index in [1.54, 1.807) is 0 Å². The Labute approximate surface area is 228 Å². The van der Waals surface area contributed by atoms with Crippen molar-refractivity contribution in [3.63, 3.8) is 0 Å². The summed E-state index contributed by atoms with van der Waals surface area (Å²) in [6, 6.07) is 29.1. The molecule has 1 aliphatic heterocycles. The molecule has 0 N–H and O–H groups in total. The molecule has 0 aromatic heterocycles. The standard InChI is InChI=1S/C31H34O8/c1-22(32)34-21-27-28(35-18-24-12-6-3-7-13-24)29(36-19-25-14-8-4-9-15-25)30(31(39-27)38-23(2)33)37-20-26-16-10-5-11-17-26/h3-17,27-31H,18-21H2,1-2H3/t27-,28+,29+,30-,31+/m1/s1. The maximum absolute atomic E-state index is 12.1. The summed E-state index contributed by atoms with van der Waals surface area (Å²) in [5.41, 5.74) is 2.84. The van der Waals surface area contributed by atoms with Gasteiger partial charge in [-0.2, -0.15) is 0 Å². The summed E-state index contributed by atoms with van der Waals surface area (Å²) in [4.78, 5) is 23.8. The number of benzene rings is 3. The number of ether oxygens (including phenoxy) is 6. The molecular weight excluding hydrogens is 500 g/mol. The first-order valence-electron chi connectivity index (χ1n) is 12.9. The van der Waals surface area contributed by atoms with E-state index in [0.717, 1.165) is 16.7 Å². The lowest BCUT2D eigenvalue weighted by Gasteiger charge is -2.45. The van der Waals surface area contributed by atoms with Crippen molar-refractivity contribution < 1.29 is 38.0 Å². The third-order valence-corrected chi connectivity index (χ3v) is 6.18. The Hall–Kier alpha value is -3.56. The van der Waals surface area contributed by atoms with Crippen molar-refractivity contribution in [3.05, 3.63) is 108 Å². The van der Waals surface area contributed by atoms with Gasteiger partial charge in [-0.25, -0.2) is 0 Å². The lowest BCUT2D eigenvalue weighted by atomic mass is 9.97. The van der Waals surface area contributed by atoms with Crippen molar-refractivity contribution in [2.45, 2.75) is 64.4 Å². The van der Waals surface area contributed by atoms with Gasteiger partial charge in [-0.05, 0) is 16.7 Å². The van der Waals surface area contributed by atoms with E-state index in [4.69, 9.17) is 28.4 Å². The average Bonchev–Trinajstić information content (AvgIpc) is 2.95. The van der Waals surface area contributed by atoms with Crippen molar-refractivity contribution >= 4 is 11.9 Å². The Morgan fingerprint density at radius 2 is 1.05 bits per heavy atom. The van der Waals surface area contributed by atoms with Gasteiger partial charge in [-0.15, -0.1) is 0 Å². The van der Waals surface area contributed by atoms with Crippen LogP contribution in [0.2, 0.25) is 0 Å². The van der Waals surface area contributed by atoms with Crippen molar-refractivity contribution in [2.75, 3.05) is 6.61 Å². The zero-order valence-electron chi connectivity index (χ0n) is 22.1. The Bertz CT molecular complexity index is 1150. The van der Waals surface area contributed by atoms with Gasteiger partial charge < -0.3 is 28.4 Å². The van der Waals surface area contributed by atoms with Gasteiger partial charge in [0.1, 0.15) is 31.0 Å². The third-order valence-electron chi connectivity index (χ3n) is 6.18. The first-order chi connectivity index (χ1) is 19.0. The highest BCUT2D eigenvalue weighted by atomic mass is 16.7. The molecule has 0 bridgehead atoms. The molecule has 3 aromatic carbocycles. The fourth-order valence-corrected chi connectivity index (χ4v) is 4.34. The summed E-state index contributed by atoms with van der Waals surface area (Å²) >= 11 is 0. The minimum Gasteiger partial charge on any atom is -0.463 e. The van der Waals surface area contributed by atoms with Crippen LogP contribution in [-0.4, -0.2) is 49.3 Å². The predicted molar refractivity (Wildman–Crippen MR) is 142 cm³/mol. The van der Waals surface area contributed by atoms with E-state index in [0.29, 0.717) is 0 Å². The molecular formula is C31H34O8. The Kier molecular flexibility index (Phi) is 10.6. The fraction of sp³-hybridized carbons (Fsp3) is 0.355. The van der Waals surface area contributed by atoms with E-state index in [9.17, 15) is 9.59 Å². The van der Waals surface area contributed by atoms with Crippen LogP contribution in [0.15, 0.2) is 91.0 Å². The van der Waals surface area contributed by atoms with Gasteiger partial charge in [0.25, 0.3) is 0 Å². The van der Waals surface area contributed by atoms with Crippen LogP contribution in [0.5, 0.6) is 0 Å². The molecule has 0 unspecified atom stereocenters. The number of hydrogen-bond acceptors (Lipinski definition) is 8. The van der Waals surface area contributed by atoms with Crippen molar-refractivity contribution in [2.24, 2.45) is 0 Å². The molecule has 0 radical (unpaired) electrons. The average molecular weight is 535 g/mol. The van der Waals surface area contributed by atoms with Crippen LogP contribution in [0.1, 0.15) is 30.5 Å². The van der Waals surface area contributed by atoms with Crippen LogP contribution >= 0.6 is 0 Å². The summed E-state index contributed by atoms with van der Waals surface area (Å²) in [5, 5.41) is 0. The summed E-state index contributed by atoms with van der Waals surface area (Å²) in [7, 11) is 0. The zero-order chi connectivity index (χ0) is 27.5. The molecule has 1 heterocycles. The van der Waals surface area contributed by atoms with Crippen molar-refractivity contribution in [1.29, 1.82) is 0 Å². The topological polar surface area (TPSA) is 89.5 Å². The van der Waals surface area contributed by atoms with E-state index in [2.05, 4.69) is 0 Å². The van der Waals surface area contributed by atoms with Gasteiger partial charge >= 0.3 is 11.9 Å². The number of hydrogen-bond donors (Lipinski definition) is 0. The highest BCUT2D eigenvalue weighted by Gasteiger charge is 2.50. The first kappa shape index (κ1) is 28.4. The maximum atomic E-state index is 12.1. The molecule has 1 aliphatic rings. The van der Waals surface area contributed by atoms with Crippen LogP contribution in [0.3, 0.4) is 0 Å². The van der Waals surface area contributed by atoms with Crippen LogP contribution in [0.4, 0.5) is 0 Å². The van der Waals surface area contributed by atoms with Crippen LogP contribution in [0, 0.1) is 0 Å². The van der Waals surface area contributed by atoms with Gasteiger partial charge in [-0.1, -0.05) is 91.0 Å². The summed E-state index contributed by atoms with van der Waals surface area (Å²) < 4.78 is 36.2. The summed E-state index contributed by atoms with van der Waals surface area (Å²) in [6.45, 7) is 3.27. The van der Waals surface area contributed by atoms with E-state index in [-0.39, 0.29) is 26.4 Å². The molecule has 39 heavy (non-hydrogen) atoms. The molecule has 0 amide bonds. The molecule has 5 atom stereocenters. The highest BCUT2D eigenvalue weighted by molar-refractivity contribution is 5.66. The van der Waals surface area contributed by atoms with Crippen molar-refractivity contribution in [3.8, 4) is 0 Å². The Morgan fingerprint density at radius 1 is 0.615 bits per heavy atom. The number of carbonyl (C=O) groups is 2. The van der Waals surface area contributed by atoms with E-state index in [1.165, 1.54) is 13.8 Å². The van der Waals surface area contributed by atoms with Gasteiger partial charge in [-0.3, -0.25) is 9.59 Å². The lowest BCUT2D eigenvalue weighted by molar-refractivity contribution is -0.318. The molecule has 3 aromatic rings. The first-order valence-corrected chi connectivity index (χ1v) is 12.9. The monoisotopic (exact) mass is 534 g/mol. The predicted octanol–water partition coefficient (Wildman–Crippen LogP) is 4.59. The van der Waals surface area contributed by atoms with Gasteiger partial charge in [0.15, 0.2) is 0 Å². The maximum Gasteiger partial charge on any atom is 0.305 e. The number of esters is 2. The van der Waals surface area contributed by atoms with Gasteiger partial charge in [0, 0.05) is 13.8 Å². The third kappa shape index (κ3) is 8.73. The van der Waals surface area contributed by atoms with Crippen LogP contribution in [0.25, 0.3) is 0 Å². The van der Waals surface area contributed by atoms with Crippen LogP contribution in [-0.2, 0) is 57.8 Å². The molecule has 0 aliphatic carbocycles. The number of carbonyl (C=O) groups excluding carboxylic acids is 2. The number of rotatable bonds is 12. The van der Waals surface area contributed by atoms with E-state index >= 15 is 0 Å². The minimum absolute atomic E-state index is 0.108. The molecule has 1 saturated heterocycles. The normalized spacial score (nSPS) is 22.7. The second kappa shape index (κ2) is 14.6. The zero-order valence-corrected chi connectivity index (χ0v) is 22.1. The van der Waals surface area contributed by atoms with Gasteiger partial charge in [0.2, 0.25) is 6.29 Å². The Balaban J connectivity index is 1.64. The molecule has 8 heteroatoms. The van der Waals surface area contributed by atoms with E-state index in [1.807, 2.05) is 91.0 Å². The fourth-order valence-electron chi connectivity index (χ4n) is 4.34. The second-order valence-corrected chi connectivity index (χ2v) is 9.24. The quantitative estimate of drug-likeness (QED) is 0.312. The largest absolute Gasteiger partial charge is 0.463 e. The van der Waals surface area contributed by atoms with Crippen LogP contribution < -0.4 is 0 Å². The van der Waals surface area contributed by atoms with E-state index < -0.39 is 42.6 Å². The Morgan fingerprint density at radius 3 is 1.49 bits per heavy atom. The second-order valence-electron chi connectivity index (χ2n) is 9.24. The molecule has 8 nitrogen and oxygen atoms in total. The smallest absolute Gasteiger partial charge is 0.305 e. The van der Waals surface area contributed by atoms with Gasteiger partial charge in [0.05, 0.1) is 19.8 Å². The molecule has 4 rings (SSSR count). The molecule has 0 spiro atoms. The minimum atomic E-state index is -1.11. The SMILES string of the molecule is CC(=O)OC[C@H]1O[C@H](OC(C)=O)[C@H](OCc2ccccc2)[C@@H](OCc2ccccc2)[C@H]1OCc1ccccc1. The molecule has 206 valence electrons. The summed E-state index contributed by atoms with van der Waals surface area (Å²) in [6.07, 6.45) is -4.15. The lowest BCUT2D eigenvalue weighted by Crippen LogP contribution is -2.62. The highest BCUT2D eigenvalue weighted by Crippen LogP contribution is 2.31.